The van der Waals surface area contributed by atoms with Crippen LogP contribution in [0, 0.1) is 6.92 Å². The van der Waals surface area contributed by atoms with Crippen LogP contribution in [-0.4, -0.2) is 43.8 Å². The smallest absolute Gasteiger partial charge is 0.344 e. The Balaban J connectivity index is 1.67. The van der Waals surface area contributed by atoms with Crippen molar-refractivity contribution in [1.29, 1.82) is 0 Å². The highest BCUT2D eigenvalue weighted by atomic mass is 16.5. The largest absolute Gasteiger partial charge is 0.465 e. The first-order valence-corrected chi connectivity index (χ1v) is 9.06. The lowest BCUT2D eigenvalue weighted by atomic mass is 10.1. The molecule has 8 nitrogen and oxygen atoms in total. The third-order valence-electron chi connectivity index (χ3n) is 4.49. The molecular weight excluding hydrogens is 388 g/mol. The Labute approximate surface area is 173 Å². The summed E-state index contributed by atoms with van der Waals surface area (Å²) in [5.74, 6) is -1.30. The van der Waals surface area contributed by atoms with Crippen LogP contribution in [0.2, 0.25) is 0 Å². The van der Waals surface area contributed by atoms with Crippen LogP contribution in [0.4, 0.5) is 5.69 Å². The number of ether oxygens (including phenoxy) is 2. The molecule has 2 aromatic carbocycles. The van der Waals surface area contributed by atoms with Gasteiger partial charge in [0.1, 0.15) is 17.0 Å². The van der Waals surface area contributed by atoms with Crippen molar-refractivity contribution in [2.75, 3.05) is 25.7 Å². The molecule has 0 fully saturated rings. The number of esters is 2. The minimum atomic E-state index is -0.699. The van der Waals surface area contributed by atoms with E-state index in [-0.39, 0.29) is 5.56 Å². The van der Waals surface area contributed by atoms with E-state index >= 15 is 0 Å². The number of methoxy groups -OCH3 is 1. The third-order valence-corrected chi connectivity index (χ3v) is 4.49. The number of aromatic nitrogens is 1. The topological polar surface area (TPSA) is 98.9 Å². The van der Waals surface area contributed by atoms with Crippen molar-refractivity contribution in [3.63, 3.8) is 0 Å². The summed E-state index contributed by atoms with van der Waals surface area (Å²) in [5.41, 5.74) is 2.14. The van der Waals surface area contributed by atoms with Crippen LogP contribution >= 0.6 is 0 Å². The fourth-order valence-corrected chi connectivity index (χ4v) is 2.78. The molecule has 3 rings (SSSR count). The van der Waals surface area contributed by atoms with E-state index in [4.69, 9.17) is 9.26 Å². The normalized spacial score (nSPS) is 10.4. The Morgan fingerprint density at radius 1 is 1.00 bits per heavy atom. The van der Waals surface area contributed by atoms with Crippen molar-refractivity contribution in [2.24, 2.45) is 0 Å². The van der Waals surface area contributed by atoms with Crippen LogP contribution < -0.4 is 4.90 Å². The Bertz CT molecular complexity index is 1060. The monoisotopic (exact) mass is 408 g/mol. The van der Waals surface area contributed by atoms with Gasteiger partial charge in [-0.25, -0.2) is 9.59 Å². The molecule has 1 aromatic heterocycles. The molecule has 30 heavy (non-hydrogen) atoms. The second-order valence-electron chi connectivity index (χ2n) is 6.40. The Morgan fingerprint density at radius 3 is 2.30 bits per heavy atom. The molecule has 0 atom stereocenters. The molecular formula is C22H20N2O6. The summed E-state index contributed by atoms with van der Waals surface area (Å²) in [7, 11) is 2.84. The molecule has 0 aliphatic heterocycles. The first-order valence-electron chi connectivity index (χ1n) is 9.06. The zero-order chi connectivity index (χ0) is 21.7. The third kappa shape index (κ3) is 4.38. The Hall–Kier alpha value is -3.94. The van der Waals surface area contributed by atoms with Gasteiger partial charge in [0.15, 0.2) is 6.61 Å². The molecule has 3 aromatic rings. The fourth-order valence-electron chi connectivity index (χ4n) is 2.78. The summed E-state index contributed by atoms with van der Waals surface area (Å²) in [6, 6.07) is 15.4. The Morgan fingerprint density at radius 2 is 1.67 bits per heavy atom. The van der Waals surface area contributed by atoms with Gasteiger partial charge in [-0.3, -0.25) is 4.79 Å². The van der Waals surface area contributed by atoms with E-state index < -0.39 is 24.5 Å². The molecule has 0 radical (unpaired) electrons. The molecule has 0 aliphatic carbocycles. The lowest BCUT2D eigenvalue weighted by molar-refractivity contribution is -0.121. The maximum Gasteiger partial charge on any atom is 0.344 e. The van der Waals surface area contributed by atoms with Crippen LogP contribution in [0.3, 0.4) is 0 Å². The molecule has 154 valence electrons. The zero-order valence-electron chi connectivity index (χ0n) is 16.7. The predicted molar refractivity (Wildman–Crippen MR) is 108 cm³/mol. The number of hydrogen-bond acceptors (Lipinski definition) is 7. The average Bonchev–Trinajstić information content (AvgIpc) is 3.18. The molecule has 1 heterocycles. The minimum absolute atomic E-state index is 0.180. The molecule has 0 saturated carbocycles. The van der Waals surface area contributed by atoms with Crippen molar-refractivity contribution in [3.05, 3.63) is 71.5 Å². The summed E-state index contributed by atoms with van der Waals surface area (Å²) >= 11 is 0. The van der Waals surface area contributed by atoms with E-state index in [2.05, 4.69) is 9.89 Å². The van der Waals surface area contributed by atoms with Crippen LogP contribution in [0.5, 0.6) is 0 Å². The van der Waals surface area contributed by atoms with E-state index in [1.807, 2.05) is 18.2 Å². The fraction of sp³-hybridized carbons (Fsp3) is 0.182. The summed E-state index contributed by atoms with van der Waals surface area (Å²) in [5, 5.41) is 3.94. The van der Waals surface area contributed by atoms with Gasteiger partial charge < -0.3 is 18.9 Å². The van der Waals surface area contributed by atoms with Gasteiger partial charge in [-0.15, -0.1) is 0 Å². The standard InChI is InChI=1S/C22H20N2O6/c1-14-19(20(23-30-14)15-7-5-4-6-8-15)22(27)29-13-18(25)24(2)17-11-9-16(10-12-17)21(26)28-3/h4-12H,13H2,1-3H3. The van der Waals surface area contributed by atoms with Crippen molar-refractivity contribution in [1.82, 2.24) is 5.16 Å². The lowest BCUT2D eigenvalue weighted by Crippen LogP contribution is -2.31. The SMILES string of the molecule is COC(=O)c1ccc(N(C)C(=O)COC(=O)c2c(-c3ccccc3)noc2C)cc1. The summed E-state index contributed by atoms with van der Waals surface area (Å²) in [4.78, 5) is 37.9. The highest BCUT2D eigenvalue weighted by Crippen LogP contribution is 2.25. The summed E-state index contributed by atoms with van der Waals surface area (Å²) in [6.45, 7) is 1.14. The lowest BCUT2D eigenvalue weighted by Gasteiger charge is -2.17. The molecule has 0 bridgehead atoms. The van der Waals surface area contributed by atoms with E-state index in [0.717, 1.165) is 0 Å². The van der Waals surface area contributed by atoms with Crippen molar-refractivity contribution in [3.8, 4) is 11.3 Å². The number of carbonyl (C=O) groups is 3. The van der Waals surface area contributed by atoms with Crippen LogP contribution in [0.1, 0.15) is 26.5 Å². The van der Waals surface area contributed by atoms with Gasteiger partial charge in [-0.05, 0) is 31.2 Å². The number of nitrogens with zero attached hydrogens (tertiary/aromatic N) is 2. The number of likely N-dealkylation sites (N-methyl/N-ethyl adjacent to an activating group) is 1. The summed E-state index contributed by atoms with van der Waals surface area (Å²) < 4.78 is 15.0. The molecule has 0 aliphatic rings. The zero-order valence-corrected chi connectivity index (χ0v) is 16.7. The van der Waals surface area contributed by atoms with Gasteiger partial charge in [0.2, 0.25) is 0 Å². The maximum atomic E-state index is 12.6. The number of anilines is 1. The van der Waals surface area contributed by atoms with E-state index in [1.54, 1.807) is 50.4 Å². The summed E-state index contributed by atoms with van der Waals surface area (Å²) in [6.07, 6.45) is 0. The average molecular weight is 408 g/mol. The van der Waals surface area contributed by atoms with Gasteiger partial charge in [0.25, 0.3) is 5.91 Å². The second-order valence-corrected chi connectivity index (χ2v) is 6.40. The molecule has 8 heteroatoms. The number of amides is 1. The van der Waals surface area contributed by atoms with E-state index in [9.17, 15) is 14.4 Å². The van der Waals surface area contributed by atoms with E-state index in [1.165, 1.54) is 12.0 Å². The van der Waals surface area contributed by atoms with Crippen LogP contribution in [0.25, 0.3) is 11.3 Å². The van der Waals surface area contributed by atoms with Gasteiger partial charge in [0, 0.05) is 18.3 Å². The molecule has 0 saturated heterocycles. The van der Waals surface area contributed by atoms with Gasteiger partial charge >= 0.3 is 11.9 Å². The van der Waals surface area contributed by atoms with Crippen LogP contribution in [-0.2, 0) is 14.3 Å². The first-order chi connectivity index (χ1) is 14.4. The number of aryl methyl sites for hydroxylation is 1. The number of rotatable bonds is 6. The van der Waals surface area contributed by atoms with Gasteiger partial charge in [0.05, 0.1) is 12.7 Å². The van der Waals surface area contributed by atoms with Gasteiger partial charge in [-0.1, -0.05) is 35.5 Å². The highest BCUT2D eigenvalue weighted by Gasteiger charge is 2.24. The highest BCUT2D eigenvalue weighted by molar-refractivity contribution is 6.00. The van der Waals surface area contributed by atoms with Crippen molar-refractivity contribution < 1.29 is 28.4 Å². The van der Waals surface area contributed by atoms with Crippen LogP contribution in [0.15, 0.2) is 59.1 Å². The number of benzene rings is 2. The molecule has 0 spiro atoms. The molecule has 0 N–H and O–H groups in total. The quantitative estimate of drug-likeness (QED) is 0.577. The second kappa shape index (κ2) is 9.04. The molecule has 0 unspecified atom stereocenters. The number of hydrogen-bond donors (Lipinski definition) is 0. The molecule has 1 amide bonds. The maximum absolute atomic E-state index is 12.6. The van der Waals surface area contributed by atoms with E-state index in [0.29, 0.717) is 28.3 Å². The van der Waals surface area contributed by atoms with Gasteiger partial charge in [-0.2, -0.15) is 0 Å². The Kier molecular flexibility index (Phi) is 6.26. The minimum Gasteiger partial charge on any atom is -0.465 e. The first kappa shape index (κ1) is 20.8. The van der Waals surface area contributed by atoms with Crippen molar-refractivity contribution in [2.45, 2.75) is 6.92 Å². The number of carbonyl (C=O) groups excluding carboxylic acids is 3. The van der Waals surface area contributed by atoms with Crippen molar-refractivity contribution >= 4 is 23.5 Å². The predicted octanol–water partition coefficient (Wildman–Crippen LogP) is 3.26.